The first-order chi connectivity index (χ1) is 13.6. The van der Waals surface area contributed by atoms with Gasteiger partial charge < -0.3 is 19.7 Å². The molecule has 0 fully saturated rings. The van der Waals surface area contributed by atoms with Gasteiger partial charge in [0.2, 0.25) is 5.91 Å². The number of hydrogen-bond donors (Lipinski definition) is 1. The fraction of sp³-hybridized carbons (Fsp3) is 0.364. The maximum atomic E-state index is 12.7. The lowest BCUT2D eigenvalue weighted by molar-refractivity contribution is -0.122. The summed E-state index contributed by atoms with van der Waals surface area (Å²) in [6.45, 7) is 5.97. The average molecular weight is 419 g/mol. The van der Waals surface area contributed by atoms with E-state index in [1.54, 1.807) is 37.4 Å². The number of methoxy groups -OCH3 is 1. The first-order valence-electron chi connectivity index (χ1n) is 9.21. The van der Waals surface area contributed by atoms with Crippen molar-refractivity contribution in [1.82, 2.24) is 10.2 Å². The molecule has 0 radical (unpaired) electrons. The SMILES string of the molecule is COc1cc(C(=O)N(C)CC(=O)NC(C)(C)C)ccc1OCc1ccc(Cl)cc1. The van der Waals surface area contributed by atoms with Gasteiger partial charge in [0.15, 0.2) is 11.5 Å². The zero-order chi connectivity index (χ0) is 21.6. The van der Waals surface area contributed by atoms with Gasteiger partial charge in [-0.1, -0.05) is 23.7 Å². The van der Waals surface area contributed by atoms with Gasteiger partial charge in [-0.2, -0.15) is 0 Å². The maximum Gasteiger partial charge on any atom is 0.254 e. The molecule has 0 heterocycles. The summed E-state index contributed by atoms with van der Waals surface area (Å²) in [5, 5.41) is 3.50. The molecule has 0 saturated carbocycles. The van der Waals surface area contributed by atoms with Crippen molar-refractivity contribution in [2.24, 2.45) is 0 Å². The van der Waals surface area contributed by atoms with Crippen molar-refractivity contribution in [3.63, 3.8) is 0 Å². The van der Waals surface area contributed by atoms with Crippen molar-refractivity contribution in [2.45, 2.75) is 32.9 Å². The molecule has 2 aromatic rings. The number of carbonyl (C=O) groups excluding carboxylic acids is 2. The zero-order valence-electron chi connectivity index (χ0n) is 17.4. The van der Waals surface area contributed by atoms with Gasteiger partial charge >= 0.3 is 0 Å². The summed E-state index contributed by atoms with van der Waals surface area (Å²) in [4.78, 5) is 26.1. The van der Waals surface area contributed by atoms with Crippen LogP contribution < -0.4 is 14.8 Å². The minimum absolute atomic E-state index is 0.0345. The summed E-state index contributed by atoms with van der Waals surface area (Å²) in [6.07, 6.45) is 0. The summed E-state index contributed by atoms with van der Waals surface area (Å²) in [7, 11) is 3.10. The smallest absolute Gasteiger partial charge is 0.254 e. The predicted molar refractivity (Wildman–Crippen MR) is 114 cm³/mol. The van der Waals surface area contributed by atoms with Crippen molar-refractivity contribution in [2.75, 3.05) is 20.7 Å². The Morgan fingerprint density at radius 1 is 1.07 bits per heavy atom. The molecule has 0 bridgehead atoms. The molecule has 29 heavy (non-hydrogen) atoms. The Labute approximate surface area is 176 Å². The van der Waals surface area contributed by atoms with E-state index in [2.05, 4.69) is 5.32 Å². The number of hydrogen-bond acceptors (Lipinski definition) is 4. The van der Waals surface area contributed by atoms with Gasteiger partial charge in [-0.15, -0.1) is 0 Å². The highest BCUT2D eigenvalue weighted by Gasteiger charge is 2.20. The van der Waals surface area contributed by atoms with Crippen LogP contribution in [0.4, 0.5) is 0 Å². The van der Waals surface area contributed by atoms with Crippen molar-refractivity contribution >= 4 is 23.4 Å². The highest BCUT2D eigenvalue weighted by molar-refractivity contribution is 6.30. The van der Waals surface area contributed by atoms with Gasteiger partial charge in [-0.25, -0.2) is 0 Å². The summed E-state index contributed by atoms with van der Waals surface area (Å²) in [5.74, 6) is 0.462. The van der Waals surface area contributed by atoms with Crippen LogP contribution in [0.1, 0.15) is 36.7 Å². The number of likely N-dealkylation sites (N-methyl/N-ethyl adjacent to an activating group) is 1. The van der Waals surface area contributed by atoms with Crippen molar-refractivity contribution < 1.29 is 19.1 Å². The zero-order valence-corrected chi connectivity index (χ0v) is 18.2. The first-order valence-corrected chi connectivity index (χ1v) is 9.58. The second kappa shape index (κ2) is 9.65. The lowest BCUT2D eigenvalue weighted by Gasteiger charge is -2.23. The fourth-order valence-electron chi connectivity index (χ4n) is 2.63. The van der Waals surface area contributed by atoms with Crippen LogP contribution in [0, 0.1) is 0 Å². The topological polar surface area (TPSA) is 67.9 Å². The van der Waals surface area contributed by atoms with Gasteiger partial charge in [0.05, 0.1) is 13.7 Å². The van der Waals surface area contributed by atoms with Crippen LogP contribution in [-0.4, -0.2) is 43.0 Å². The molecule has 2 aromatic carbocycles. The minimum Gasteiger partial charge on any atom is -0.493 e. The largest absolute Gasteiger partial charge is 0.493 e. The van der Waals surface area contributed by atoms with E-state index < -0.39 is 0 Å². The van der Waals surface area contributed by atoms with E-state index in [9.17, 15) is 9.59 Å². The number of nitrogens with zero attached hydrogens (tertiary/aromatic N) is 1. The lowest BCUT2D eigenvalue weighted by Crippen LogP contribution is -2.46. The number of amides is 2. The Morgan fingerprint density at radius 3 is 2.31 bits per heavy atom. The van der Waals surface area contributed by atoms with Gasteiger partial charge in [0, 0.05) is 23.2 Å². The van der Waals surface area contributed by atoms with Crippen molar-refractivity contribution in [3.8, 4) is 11.5 Å². The van der Waals surface area contributed by atoms with Crippen LogP contribution in [0.3, 0.4) is 0 Å². The Kier molecular flexibility index (Phi) is 7.51. The molecule has 7 heteroatoms. The summed E-state index contributed by atoms with van der Waals surface area (Å²) in [5.41, 5.74) is 1.01. The molecule has 2 amide bonds. The van der Waals surface area contributed by atoms with Gasteiger partial charge in [-0.05, 0) is 56.7 Å². The van der Waals surface area contributed by atoms with Gasteiger partial charge in [0.25, 0.3) is 5.91 Å². The van der Waals surface area contributed by atoms with E-state index in [0.717, 1.165) is 5.56 Å². The average Bonchev–Trinajstić information content (AvgIpc) is 2.65. The highest BCUT2D eigenvalue weighted by atomic mass is 35.5. The standard InChI is InChI=1S/C22H27ClN2O4/c1-22(2,3)24-20(26)13-25(4)21(27)16-8-11-18(19(12-16)28-5)29-14-15-6-9-17(23)10-7-15/h6-12H,13-14H2,1-5H3,(H,24,26). The van der Waals surface area contributed by atoms with Crippen LogP contribution in [0.25, 0.3) is 0 Å². The summed E-state index contributed by atoms with van der Waals surface area (Å²) >= 11 is 5.89. The number of ether oxygens (including phenoxy) is 2. The molecule has 6 nitrogen and oxygen atoms in total. The summed E-state index contributed by atoms with van der Waals surface area (Å²) < 4.78 is 11.2. The molecule has 0 atom stereocenters. The molecule has 0 spiro atoms. The van der Waals surface area contributed by atoms with Gasteiger partial charge in [-0.3, -0.25) is 9.59 Å². The van der Waals surface area contributed by atoms with Crippen LogP contribution in [-0.2, 0) is 11.4 Å². The quantitative estimate of drug-likeness (QED) is 0.740. The molecule has 1 N–H and O–H groups in total. The first kappa shape index (κ1) is 22.6. The third-order valence-electron chi connectivity index (χ3n) is 3.96. The number of carbonyl (C=O) groups is 2. The highest BCUT2D eigenvalue weighted by Crippen LogP contribution is 2.29. The third-order valence-corrected chi connectivity index (χ3v) is 4.21. The molecular weight excluding hydrogens is 392 g/mol. The molecular formula is C22H27ClN2O4. The fourth-order valence-corrected chi connectivity index (χ4v) is 2.75. The van der Waals surface area contributed by atoms with E-state index in [4.69, 9.17) is 21.1 Å². The second-order valence-electron chi connectivity index (χ2n) is 7.74. The molecule has 0 aromatic heterocycles. The molecule has 0 unspecified atom stereocenters. The van der Waals surface area contributed by atoms with Crippen LogP contribution in [0.5, 0.6) is 11.5 Å². The monoisotopic (exact) mass is 418 g/mol. The third kappa shape index (κ3) is 6.98. The van der Waals surface area contributed by atoms with Crippen LogP contribution in [0.15, 0.2) is 42.5 Å². The number of halogens is 1. The lowest BCUT2D eigenvalue weighted by atomic mass is 10.1. The Morgan fingerprint density at radius 2 is 1.72 bits per heavy atom. The number of rotatable bonds is 7. The Bertz CT molecular complexity index is 860. The number of nitrogens with one attached hydrogen (secondary N) is 1. The van der Waals surface area contributed by atoms with E-state index in [-0.39, 0.29) is 23.9 Å². The maximum absolute atomic E-state index is 12.7. The Hall–Kier alpha value is -2.73. The second-order valence-corrected chi connectivity index (χ2v) is 8.18. The predicted octanol–water partition coefficient (Wildman–Crippen LogP) is 3.91. The van der Waals surface area contributed by atoms with Crippen LogP contribution in [0.2, 0.25) is 5.02 Å². The van der Waals surface area contributed by atoms with E-state index in [0.29, 0.717) is 28.7 Å². The molecule has 0 aliphatic rings. The Balaban J connectivity index is 2.05. The van der Waals surface area contributed by atoms with Crippen molar-refractivity contribution in [3.05, 3.63) is 58.6 Å². The van der Waals surface area contributed by atoms with E-state index in [1.807, 2.05) is 32.9 Å². The van der Waals surface area contributed by atoms with E-state index >= 15 is 0 Å². The number of benzene rings is 2. The van der Waals surface area contributed by atoms with Crippen LogP contribution >= 0.6 is 11.6 Å². The molecule has 2 rings (SSSR count). The molecule has 0 aliphatic heterocycles. The molecule has 156 valence electrons. The summed E-state index contributed by atoms with van der Waals surface area (Å²) in [6, 6.07) is 12.3. The molecule has 0 saturated heterocycles. The minimum atomic E-state index is -0.354. The van der Waals surface area contributed by atoms with Crippen molar-refractivity contribution in [1.29, 1.82) is 0 Å². The van der Waals surface area contributed by atoms with E-state index in [1.165, 1.54) is 12.0 Å². The molecule has 0 aliphatic carbocycles. The van der Waals surface area contributed by atoms with Gasteiger partial charge in [0.1, 0.15) is 6.61 Å². The normalized spacial score (nSPS) is 11.0.